The smallest absolute Gasteiger partial charge is 0.276 e. The number of hydrogen-bond donors (Lipinski definition) is 1. The average Bonchev–Trinajstić information content (AvgIpc) is 2.74. The van der Waals surface area contributed by atoms with Crippen molar-refractivity contribution in [3.63, 3.8) is 0 Å². The molecule has 2 aromatic rings. The zero-order valence-electron chi connectivity index (χ0n) is 11.9. The van der Waals surface area contributed by atoms with Crippen LogP contribution >= 0.6 is 0 Å². The van der Waals surface area contributed by atoms with Gasteiger partial charge in [0.15, 0.2) is 0 Å². The van der Waals surface area contributed by atoms with Crippen LogP contribution in [-0.2, 0) is 6.54 Å². The van der Waals surface area contributed by atoms with Crippen LogP contribution in [0.5, 0.6) is 0 Å². The molecule has 0 radical (unpaired) electrons. The Hall–Kier alpha value is -1.62. The molecule has 0 bridgehead atoms. The van der Waals surface area contributed by atoms with Crippen molar-refractivity contribution < 1.29 is 0 Å². The summed E-state index contributed by atoms with van der Waals surface area (Å²) < 4.78 is 3.42. The summed E-state index contributed by atoms with van der Waals surface area (Å²) in [6, 6.07) is 2.33. The molecule has 104 valence electrons. The van der Waals surface area contributed by atoms with Gasteiger partial charge in [-0.1, -0.05) is 6.92 Å². The minimum Gasteiger partial charge on any atom is -0.315 e. The van der Waals surface area contributed by atoms with Gasteiger partial charge in [-0.15, -0.1) is 0 Å². The van der Waals surface area contributed by atoms with Crippen LogP contribution in [0.3, 0.4) is 0 Å². The zero-order chi connectivity index (χ0) is 13.8. The van der Waals surface area contributed by atoms with Crippen molar-refractivity contribution in [2.45, 2.75) is 46.2 Å². The Morgan fingerprint density at radius 1 is 1.42 bits per heavy atom. The van der Waals surface area contributed by atoms with Gasteiger partial charge in [-0.25, -0.2) is 4.52 Å². The quantitative estimate of drug-likeness (QED) is 0.860. The van der Waals surface area contributed by atoms with Crippen LogP contribution in [0.4, 0.5) is 0 Å². The van der Waals surface area contributed by atoms with Crippen molar-refractivity contribution in [1.29, 1.82) is 0 Å². The van der Waals surface area contributed by atoms with Gasteiger partial charge in [0, 0.05) is 25.0 Å². The van der Waals surface area contributed by atoms with E-state index in [9.17, 15) is 4.79 Å². The lowest BCUT2D eigenvalue weighted by Gasteiger charge is -2.12. The molecular weight excluding hydrogens is 240 g/mol. The van der Waals surface area contributed by atoms with E-state index >= 15 is 0 Å². The van der Waals surface area contributed by atoms with Gasteiger partial charge in [0.2, 0.25) is 0 Å². The van der Waals surface area contributed by atoms with E-state index in [1.807, 2.05) is 25.4 Å². The lowest BCUT2D eigenvalue weighted by Crippen LogP contribution is -2.27. The molecule has 0 aliphatic rings. The van der Waals surface area contributed by atoms with Crippen molar-refractivity contribution in [1.82, 2.24) is 19.5 Å². The zero-order valence-corrected chi connectivity index (χ0v) is 11.9. The van der Waals surface area contributed by atoms with Crippen LogP contribution in [0.1, 0.15) is 32.4 Å². The molecule has 0 aromatic carbocycles. The monoisotopic (exact) mass is 262 g/mol. The SMILES string of the molecule is CCNC(C)CCCn1ccn2nc(C)cc2c1=O. The maximum Gasteiger partial charge on any atom is 0.276 e. The van der Waals surface area contributed by atoms with Crippen LogP contribution in [-0.4, -0.2) is 26.8 Å². The largest absolute Gasteiger partial charge is 0.315 e. The molecule has 0 saturated carbocycles. The van der Waals surface area contributed by atoms with E-state index in [1.54, 1.807) is 9.08 Å². The maximum absolute atomic E-state index is 12.2. The summed E-state index contributed by atoms with van der Waals surface area (Å²) in [5.74, 6) is 0. The fourth-order valence-corrected chi connectivity index (χ4v) is 2.34. The first-order valence-electron chi connectivity index (χ1n) is 6.90. The molecule has 0 saturated heterocycles. The van der Waals surface area contributed by atoms with Crippen molar-refractivity contribution in [2.24, 2.45) is 0 Å². The first-order chi connectivity index (χ1) is 9.11. The molecule has 0 spiro atoms. The van der Waals surface area contributed by atoms with Crippen molar-refractivity contribution in [3.05, 3.63) is 34.5 Å². The molecule has 5 nitrogen and oxygen atoms in total. The Morgan fingerprint density at radius 3 is 2.95 bits per heavy atom. The van der Waals surface area contributed by atoms with E-state index < -0.39 is 0 Å². The van der Waals surface area contributed by atoms with Crippen LogP contribution in [0.25, 0.3) is 5.52 Å². The third-order valence-electron chi connectivity index (χ3n) is 3.31. The van der Waals surface area contributed by atoms with Gasteiger partial charge in [0.05, 0.1) is 5.69 Å². The number of nitrogens with zero attached hydrogens (tertiary/aromatic N) is 3. The van der Waals surface area contributed by atoms with E-state index in [0.29, 0.717) is 11.6 Å². The lowest BCUT2D eigenvalue weighted by atomic mass is 10.2. The van der Waals surface area contributed by atoms with Crippen LogP contribution in [0, 0.1) is 6.92 Å². The van der Waals surface area contributed by atoms with Gasteiger partial charge in [0.25, 0.3) is 5.56 Å². The summed E-state index contributed by atoms with van der Waals surface area (Å²) in [5, 5.41) is 7.62. The third-order valence-corrected chi connectivity index (χ3v) is 3.31. The molecule has 2 aromatic heterocycles. The topological polar surface area (TPSA) is 51.3 Å². The number of fused-ring (bicyclic) bond motifs is 1. The van der Waals surface area contributed by atoms with Gasteiger partial charge < -0.3 is 9.88 Å². The van der Waals surface area contributed by atoms with E-state index in [4.69, 9.17) is 0 Å². The van der Waals surface area contributed by atoms with Gasteiger partial charge in [-0.3, -0.25) is 4.79 Å². The van der Waals surface area contributed by atoms with Crippen molar-refractivity contribution >= 4 is 5.52 Å². The molecule has 1 N–H and O–H groups in total. The predicted molar refractivity (Wildman–Crippen MR) is 76.6 cm³/mol. The Labute approximate surface area is 113 Å². The first kappa shape index (κ1) is 13.8. The highest BCUT2D eigenvalue weighted by atomic mass is 16.1. The summed E-state index contributed by atoms with van der Waals surface area (Å²) in [4.78, 5) is 12.2. The van der Waals surface area contributed by atoms with E-state index in [0.717, 1.165) is 31.6 Å². The van der Waals surface area contributed by atoms with E-state index in [2.05, 4.69) is 24.3 Å². The molecule has 19 heavy (non-hydrogen) atoms. The third kappa shape index (κ3) is 3.23. The first-order valence-corrected chi connectivity index (χ1v) is 6.90. The second-order valence-electron chi connectivity index (χ2n) is 5.01. The number of hydrogen-bond acceptors (Lipinski definition) is 3. The molecule has 2 heterocycles. The summed E-state index contributed by atoms with van der Waals surface area (Å²) in [5.41, 5.74) is 1.56. The van der Waals surface area contributed by atoms with Crippen LogP contribution in [0.2, 0.25) is 0 Å². The number of rotatable bonds is 6. The van der Waals surface area contributed by atoms with E-state index in [-0.39, 0.29) is 5.56 Å². The Kier molecular flexibility index (Phi) is 4.37. The molecule has 1 unspecified atom stereocenters. The van der Waals surface area contributed by atoms with Crippen LogP contribution in [0.15, 0.2) is 23.3 Å². The van der Waals surface area contributed by atoms with Crippen molar-refractivity contribution in [2.75, 3.05) is 6.54 Å². The summed E-state index contributed by atoms with van der Waals surface area (Å²) in [7, 11) is 0. The highest BCUT2D eigenvalue weighted by molar-refractivity contribution is 5.44. The summed E-state index contributed by atoms with van der Waals surface area (Å²) in [6.07, 6.45) is 5.73. The fraction of sp³-hybridized carbons (Fsp3) is 0.571. The van der Waals surface area contributed by atoms with Gasteiger partial charge in [0.1, 0.15) is 5.52 Å². The second-order valence-corrected chi connectivity index (χ2v) is 5.01. The van der Waals surface area contributed by atoms with Crippen molar-refractivity contribution in [3.8, 4) is 0 Å². The molecule has 0 aliphatic heterocycles. The normalized spacial score (nSPS) is 13.0. The minimum absolute atomic E-state index is 0.0409. The Bertz CT molecular complexity index is 599. The highest BCUT2D eigenvalue weighted by Gasteiger charge is 2.06. The average molecular weight is 262 g/mol. The Morgan fingerprint density at radius 2 is 2.21 bits per heavy atom. The highest BCUT2D eigenvalue weighted by Crippen LogP contribution is 2.02. The maximum atomic E-state index is 12.2. The lowest BCUT2D eigenvalue weighted by molar-refractivity contribution is 0.482. The van der Waals surface area contributed by atoms with Crippen LogP contribution < -0.4 is 10.9 Å². The van der Waals surface area contributed by atoms with Gasteiger partial charge >= 0.3 is 0 Å². The van der Waals surface area contributed by atoms with E-state index in [1.165, 1.54) is 0 Å². The summed E-state index contributed by atoms with van der Waals surface area (Å²) in [6.45, 7) is 7.93. The molecule has 5 heteroatoms. The molecule has 0 fully saturated rings. The predicted octanol–water partition coefficient (Wildman–Crippen LogP) is 1.58. The molecule has 0 amide bonds. The number of nitrogens with one attached hydrogen (secondary N) is 1. The second kappa shape index (κ2) is 6.02. The number of aryl methyl sites for hydroxylation is 2. The van der Waals surface area contributed by atoms with Gasteiger partial charge in [-0.05, 0) is 39.3 Å². The number of aromatic nitrogens is 3. The molecule has 0 aliphatic carbocycles. The standard InChI is InChI=1S/C14H22N4O/c1-4-15-11(2)6-5-7-17-8-9-18-13(14(17)19)10-12(3)16-18/h8-11,15H,4-7H2,1-3H3. The van der Waals surface area contributed by atoms with Gasteiger partial charge in [-0.2, -0.15) is 5.10 Å². The fourth-order valence-electron chi connectivity index (χ4n) is 2.34. The Balaban J connectivity index is 2.05. The molecule has 1 atom stereocenters. The molecular formula is C14H22N4O. The molecule has 2 rings (SSSR count). The minimum atomic E-state index is 0.0409. The summed E-state index contributed by atoms with van der Waals surface area (Å²) >= 11 is 0.